The highest BCUT2D eigenvalue weighted by molar-refractivity contribution is 6.01. The zero-order chi connectivity index (χ0) is 16.2. The van der Waals surface area contributed by atoms with Crippen molar-refractivity contribution in [1.29, 1.82) is 0 Å². The minimum atomic E-state index is -0.420. The van der Waals surface area contributed by atoms with Gasteiger partial charge in [-0.15, -0.1) is 0 Å². The van der Waals surface area contributed by atoms with Crippen molar-refractivity contribution in [1.82, 2.24) is 4.90 Å². The van der Waals surface area contributed by atoms with Gasteiger partial charge in [0.25, 0.3) is 5.91 Å². The summed E-state index contributed by atoms with van der Waals surface area (Å²) in [5, 5.41) is 4.11. The maximum Gasteiger partial charge on any atom is 0.253 e. The third-order valence-electron chi connectivity index (χ3n) is 3.74. The first-order valence-electron chi connectivity index (χ1n) is 7.42. The Morgan fingerprint density at radius 3 is 2.78 bits per heavy atom. The summed E-state index contributed by atoms with van der Waals surface area (Å²) in [6, 6.07) is 15.5. The van der Waals surface area contributed by atoms with Crippen LogP contribution in [0.4, 0.5) is 4.39 Å². The number of carbonyl (C=O) groups is 1. The molecule has 1 aliphatic rings. The van der Waals surface area contributed by atoms with E-state index in [0.29, 0.717) is 18.5 Å². The molecule has 0 aromatic heterocycles. The van der Waals surface area contributed by atoms with Gasteiger partial charge in [0.15, 0.2) is 6.10 Å². The van der Waals surface area contributed by atoms with Gasteiger partial charge in [0, 0.05) is 19.0 Å². The lowest BCUT2D eigenvalue weighted by Gasteiger charge is -2.20. The third kappa shape index (κ3) is 3.56. The van der Waals surface area contributed by atoms with Crippen molar-refractivity contribution in [3.63, 3.8) is 0 Å². The van der Waals surface area contributed by atoms with E-state index in [2.05, 4.69) is 5.16 Å². The van der Waals surface area contributed by atoms with Crippen LogP contribution in [0.2, 0.25) is 0 Å². The summed E-state index contributed by atoms with van der Waals surface area (Å²) in [7, 11) is 1.68. The highest BCUT2D eigenvalue weighted by atomic mass is 19.1. The normalized spacial score (nSPS) is 16.6. The van der Waals surface area contributed by atoms with Crippen molar-refractivity contribution in [3.05, 3.63) is 71.5 Å². The van der Waals surface area contributed by atoms with Crippen LogP contribution in [0.3, 0.4) is 0 Å². The van der Waals surface area contributed by atoms with Gasteiger partial charge >= 0.3 is 0 Å². The minimum Gasteiger partial charge on any atom is -0.390 e. The van der Waals surface area contributed by atoms with Gasteiger partial charge in [0.2, 0.25) is 0 Å². The predicted octanol–water partition coefficient (Wildman–Crippen LogP) is 3.09. The van der Waals surface area contributed by atoms with Crippen LogP contribution in [0.25, 0.3) is 0 Å². The Labute approximate surface area is 134 Å². The average molecular weight is 312 g/mol. The molecule has 0 unspecified atom stereocenters. The van der Waals surface area contributed by atoms with Gasteiger partial charge in [-0.1, -0.05) is 41.6 Å². The van der Waals surface area contributed by atoms with Crippen molar-refractivity contribution in [3.8, 4) is 0 Å². The molecule has 0 bridgehead atoms. The van der Waals surface area contributed by atoms with E-state index >= 15 is 0 Å². The van der Waals surface area contributed by atoms with Gasteiger partial charge in [0.05, 0.1) is 12.3 Å². The van der Waals surface area contributed by atoms with Crippen LogP contribution < -0.4 is 0 Å². The van der Waals surface area contributed by atoms with Crippen molar-refractivity contribution >= 4 is 11.6 Å². The summed E-state index contributed by atoms with van der Waals surface area (Å²) < 4.78 is 13.2. The Bertz CT molecular complexity index is 731. The molecule has 2 aromatic carbocycles. The molecule has 3 rings (SSSR count). The molecule has 0 spiro atoms. The minimum absolute atomic E-state index is 0.187. The molecule has 5 heteroatoms. The molecule has 118 valence electrons. The van der Waals surface area contributed by atoms with Crippen LogP contribution in [-0.2, 0) is 4.84 Å². The predicted molar refractivity (Wildman–Crippen MR) is 85.8 cm³/mol. The maximum absolute atomic E-state index is 13.2. The molecule has 0 radical (unpaired) electrons. The van der Waals surface area contributed by atoms with Gasteiger partial charge in [-0.05, 0) is 23.8 Å². The van der Waals surface area contributed by atoms with Crippen molar-refractivity contribution < 1.29 is 14.0 Å². The van der Waals surface area contributed by atoms with Crippen LogP contribution in [0, 0.1) is 5.82 Å². The van der Waals surface area contributed by atoms with E-state index < -0.39 is 5.82 Å². The van der Waals surface area contributed by atoms with E-state index in [1.165, 1.54) is 23.1 Å². The van der Waals surface area contributed by atoms with E-state index in [1.807, 2.05) is 30.3 Å². The summed E-state index contributed by atoms with van der Waals surface area (Å²) in [6.45, 7) is 0.398. The summed E-state index contributed by atoms with van der Waals surface area (Å²) in [6.07, 6.45) is 0.456. The fourth-order valence-electron chi connectivity index (χ4n) is 2.56. The van der Waals surface area contributed by atoms with Crippen molar-refractivity contribution in [2.24, 2.45) is 5.16 Å². The first-order chi connectivity index (χ1) is 11.1. The van der Waals surface area contributed by atoms with Gasteiger partial charge in [-0.25, -0.2) is 4.39 Å². The number of carbonyl (C=O) groups excluding carboxylic acids is 1. The molecule has 0 fully saturated rings. The van der Waals surface area contributed by atoms with Gasteiger partial charge in [-0.2, -0.15) is 0 Å². The molecule has 0 N–H and O–H groups in total. The number of nitrogens with zero attached hydrogens (tertiary/aromatic N) is 2. The Hall–Kier alpha value is -2.69. The number of hydrogen-bond acceptors (Lipinski definition) is 3. The number of likely N-dealkylation sites (N-methyl/N-ethyl adjacent to an activating group) is 1. The number of benzene rings is 2. The molecule has 23 heavy (non-hydrogen) atoms. The molecule has 2 aromatic rings. The number of halogens is 1. The van der Waals surface area contributed by atoms with Gasteiger partial charge in [-0.3, -0.25) is 4.79 Å². The molecule has 0 aliphatic carbocycles. The quantitative estimate of drug-likeness (QED) is 0.870. The number of hydrogen-bond donors (Lipinski definition) is 0. The zero-order valence-electron chi connectivity index (χ0n) is 12.8. The smallest absolute Gasteiger partial charge is 0.253 e. The van der Waals surface area contributed by atoms with Crippen molar-refractivity contribution in [2.45, 2.75) is 12.5 Å². The molecule has 0 saturated carbocycles. The number of oxime groups is 1. The molecular weight excluding hydrogens is 295 g/mol. The fourth-order valence-corrected chi connectivity index (χ4v) is 2.56. The molecule has 1 atom stereocenters. The fraction of sp³-hybridized carbons (Fsp3) is 0.222. The summed E-state index contributed by atoms with van der Waals surface area (Å²) in [5.74, 6) is -0.655. The molecular formula is C18H17FN2O2. The Morgan fingerprint density at radius 2 is 2.04 bits per heavy atom. The number of rotatable bonds is 4. The first kappa shape index (κ1) is 15.2. The third-order valence-corrected chi connectivity index (χ3v) is 3.74. The van der Waals surface area contributed by atoms with E-state index in [4.69, 9.17) is 4.84 Å². The van der Waals surface area contributed by atoms with Crippen molar-refractivity contribution in [2.75, 3.05) is 13.6 Å². The van der Waals surface area contributed by atoms with Crippen LogP contribution in [0.5, 0.6) is 0 Å². The van der Waals surface area contributed by atoms with Crippen LogP contribution >= 0.6 is 0 Å². The lowest BCUT2D eigenvalue weighted by molar-refractivity contribution is 0.0482. The average Bonchev–Trinajstić information content (AvgIpc) is 3.03. The van der Waals surface area contributed by atoms with E-state index in [0.717, 1.165) is 11.3 Å². The summed E-state index contributed by atoms with van der Waals surface area (Å²) in [5.41, 5.74) is 2.23. The van der Waals surface area contributed by atoms with Gasteiger partial charge < -0.3 is 9.74 Å². The molecule has 1 amide bonds. The van der Waals surface area contributed by atoms with Crippen LogP contribution in [-0.4, -0.2) is 36.2 Å². The number of amides is 1. The van der Waals surface area contributed by atoms with Crippen LogP contribution in [0.1, 0.15) is 22.3 Å². The molecule has 1 heterocycles. The second kappa shape index (κ2) is 6.60. The second-order valence-corrected chi connectivity index (χ2v) is 5.53. The second-order valence-electron chi connectivity index (χ2n) is 5.53. The van der Waals surface area contributed by atoms with E-state index in [-0.39, 0.29) is 12.0 Å². The van der Waals surface area contributed by atoms with E-state index in [9.17, 15) is 9.18 Å². The highest BCUT2D eigenvalue weighted by Gasteiger charge is 2.25. The summed E-state index contributed by atoms with van der Waals surface area (Å²) in [4.78, 5) is 19.3. The zero-order valence-corrected chi connectivity index (χ0v) is 12.8. The molecule has 0 saturated heterocycles. The first-order valence-corrected chi connectivity index (χ1v) is 7.42. The lowest BCUT2D eigenvalue weighted by atomic mass is 10.0. The highest BCUT2D eigenvalue weighted by Crippen LogP contribution is 2.18. The Balaban J connectivity index is 1.59. The van der Waals surface area contributed by atoms with E-state index in [1.54, 1.807) is 13.1 Å². The Morgan fingerprint density at radius 1 is 1.26 bits per heavy atom. The Kier molecular flexibility index (Phi) is 4.37. The standard InChI is InChI=1S/C18H17FN2O2/c1-21(18(22)14-8-5-9-15(19)10-14)12-16-11-17(20-23-16)13-6-3-2-4-7-13/h2-10,16H,11-12H2,1H3/t16-/m1/s1. The van der Waals surface area contributed by atoms with Gasteiger partial charge in [0.1, 0.15) is 5.82 Å². The SMILES string of the molecule is CN(C[C@H]1CC(c2ccccc2)=NO1)C(=O)c1cccc(F)c1. The van der Waals surface area contributed by atoms with Crippen LogP contribution in [0.15, 0.2) is 59.8 Å². The largest absolute Gasteiger partial charge is 0.390 e. The molecule has 1 aliphatic heterocycles. The maximum atomic E-state index is 13.2. The molecule has 4 nitrogen and oxygen atoms in total. The lowest BCUT2D eigenvalue weighted by Crippen LogP contribution is -2.34. The summed E-state index contributed by atoms with van der Waals surface area (Å²) >= 11 is 0. The monoisotopic (exact) mass is 312 g/mol. The topological polar surface area (TPSA) is 41.9 Å².